The smallest absolute Gasteiger partial charge is 0.165 e. The Morgan fingerprint density at radius 1 is 1.24 bits per heavy atom. The van der Waals surface area contributed by atoms with Crippen molar-refractivity contribution in [2.45, 2.75) is 31.6 Å². The van der Waals surface area contributed by atoms with Crippen LogP contribution >= 0.6 is 15.9 Å². The van der Waals surface area contributed by atoms with Gasteiger partial charge >= 0.3 is 0 Å². The Morgan fingerprint density at radius 2 is 2.10 bits per heavy atom. The van der Waals surface area contributed by atoms with Crippen molar-refractivity contribution >= 4 is 38.3 Å². The van der Waals surface area contributed by atoms with Crippen LogP contribution in [0.15, 0.2) is 47.2 Å². The van der Waals surface area contributed by atoms with E-state index in [1.54, 1.807) is 10.7 Å². The summed E-state index contributed by atoms with van der Waals surface area (Å²) in [6.45, 7) is 0. The summed E-state index contributed by atoms with van der Waals surface area (Å²) >= 11 is 3.64. The number of pyridine rings is 1. The van der Waals surface area contributed by atoms with Gasteiger partial charge in [-0.25, -0.2) is 4.98 Å². The standard InChI is InChI=1S/C22H19BrN6/c23-19-20(15-6-5-13(9-15)7-8-24)28-22-17(12-27-29(22)21(19)25)16-10-14-3-1-2-4-18(14)26-11-16/h1-4,10-13,15H,5-7,9,25H2. The van der Waals surface area contributed by atoms with Crippen LogP contribution in [0.25, 0.3) is 27.7 Å². The van der Waals surface area contributed by atoms with E-state index in [1.165, 1.54) is 0 Å². The van der Waals surface area contributed by atoms with Crippen LogP contribution in [0.5, 0.6) is 0 Å². The van der Waals surface area contributed by atoms with Crippen LogP contribution in [0.2, 0.25) is 0 Å². The summed E-state index contributed by atoms with van der Waals surface area (Å²) < 4.78 is 2.48. The predicted octanol–water partition coefficient (Wildman–Crippen LogP) is 5.09. The number of nitrogen functional groups attached to an aromatic ring is 1. The van der Waals surface area contributed by atoms with Crippen LogP contribution in [0.1, 0.15) is 37.3 Å². The maximum absolute atomic E-state index is 9.02. The highest BCUT2D eigenvalue weighted by molar-refractivity contribution is 9.10. The van der Waals surface area contributed by atoms with Crippen LogP contribution in [0, 0.1) is 17.2 Å². The molecule has 6 nitrogen and oxygen atoms in total. The zero-order chi connectivity index (χ0) is 20.0. The van der Waals surface area contributed by atoms with Crippen molar-refractivity contribution in [3.8, 4) is 17.2 Å². The summed E-state index contributed by atoms with van der Waals surface area (Å²) in [6, 6.07) is 12.4. The Labute approximate surface area is 176 Å². The number of para-hydroxylation sites is 1. The number of halogens is 1. The van der Waals surface area contributed by atoms with Gasteiger partial charge in [-0.3, -0.25) is 4.98 Å². The molecule has 0 radical (unpaired) electrons. The van der Waals surface area contributed by atoms with E-state index in [1.807, 2.05) is 24.4 Å². The third-order valence-electron chi connectivity index (χ3n) is 5.86. The van der Waals surface area contributed by atoms with Gasteiger partial charge in [0.1, 0.15) is 5.82 Å². The van der Waals surface area contributed by atoms with Crippen molar-refractivity contribution in [1.82, 2.24) is 19.6 Å². The van der Waals surface area contributed by atoms with Crippen molar-refractivity contribution in [1.29, 1.82) is 5.26 Å². The molecule has 1 aliphatic carbocycles. The third kappa shape index (κ3) is 3.04. The summed E-state index contributed by atoms with van der Waals surface area (Å²) in [5.41, 5.74) is 10.9. The van der Waals surface area contributed by atoms with Crippen LogP contribution in [-0.4, -0.2) is 19.6 Å². The van der Waals surface area contributed by atoms with Crippen molar-refractivity contribution < 1.29 is 0 Å². The van der Waals surface area contributed by atoms with Gasteiger partial charge in [-0.2, -0.15) is 14.9 Å². The number of benzene rings is 1. The van der Waals surface area contributed by atoms with E-state index >= 15 is 0 Å². The average molecular weight is 447 g/mol. The fourth-order valence-corrected chi connectivity index (χ4v) is 4.92. The van der Waals surface area contributed by atoms with E-state index in [2.05, 4.69) is 44.2 Å². The second kappa shape index (κ2) is 7.12. The molecule has 1 saturated carbocycles. The maximum Gasteiger partial charge on any atom is 0.165 e. The minimum absolute atomic E-state index is 0.299. The first kappa shape index (κ1) is 18.1. The Bertz CT molecular complexity index is 1270. The van der Waals surface area contributed by atoms with Gasteiger partial charge in [0.15, 0.2) is 5.65 Å². The number of nitrogens with zero attached hydrogens (tertiary/aromatic N) is 5. The van der Waals surface area contributed by atoms with E-state index in [-0.39, 0.29) is 0 Å². The minimum atomic E-state index is 0.299. The Balaban J connectivity index is 1.62. The number of anilines is 1. The first-order valence-electron chi connectivity index (χ1n) is 9.70. The minimum Gasteiger partial charge on any atom is -0.383 e. The van der Waals surface area contributed by atoms with E-state index in [4.69, 9.17) is 16.0 Å². The van der Waals surface area contributed by atoms with Gasteiger partial charge in [-0.05, 0) is 53.2 Å². The first-order chi connectivity index (χ1) is 14.2. The van der Waals surface area contributed by atoms with Crippen molar-refractivity contribution in [2.24, 2.45) is 5.92 Å². The number of hydrogen-bond acceptors (Lipinski definition) is 5. The average Bonchev–Trinajstić information content (AvgIpc) is 3.38. The lowest BCUT2D eigenvalue weighted by atomic mass is 9.99. The lowest BCUT2D eigenvalue weighted by molar-refractivity contribution is 0.549. The third-order valence-corrected chi connectivity index (χ3v) is 6.67. The van der Waals surface area contributed by atoms with Crippen molar-refractivity contribution in [2.75, 3.05) is 5.73 Å². The lowest BCUT2D eigenvalue weighted by Crippen LogP contribution is -2.08. The molecule has 1 aliphatic rings. The van der Waals surface area contributed by atoms with Gasteiger partial charge in [-0.1, -0.05) is 18.2 Å². The summed E-state index contributed by atoms with van der Waals surface area (Å²) in [7, 11) is 0. The highest BCUT2D eigenvalue weighted by Crippen LogP contribution is 2.43. The Hall–Kier alpha value is -2.98. The fourth-order valence-electron chi connectivity index (χ4n) is 4.34. The second-order valence-electron chi connectivity index (χ2n) is 7.64. The Kier molecular flexibility index (Phi) is 4.44. The zero-order valence-electron chi connectivity index (χ0n) is 15.7. The van der Waals surface area contributed by atoms with Crippen LogP contribution in [0.3, 0.4) is 0 Å². The van der Waals surface area contributed by atoms with E-state index in [0.717, 1.165) is 57.1 Å². The molecule has 1 aromatic carbocycles. The summed E-state index contributed by atoms with van der Waals surface area (Å²) in [5, 5.41) is 14.6. The van der Waals surface area contributed by atoms with Crippen LogP contribution < -0.4 is 5.73 Å². The molecule has 3 heterocycles. The molecule has 7 heteroatoms. The van der Waals surface area contributed by atoms with Gasteiger partial charge in [0.25, 0.3) is 0 Å². The highest BCUT2D eigenvalue weighted by Gasteiger charge is 2.30. The van der Waals surface area contributed by atoms with E-state index in [9.17, 15) is 0 Å². The molecule has 0 aliphatic heterocycles. The lowest BCUT2D eigenvalue weighted by Gasteiger charge is -2.14. The number of rotatable bonds is 3. The molecule has 0 amide bonds. The van der Waals surface area contributed by atoms with Crippen LogP contribution in [-0.2, 0) is 0 Å². The van der Waals surface area contributed by atoms with E-state index in [0.29, 0.717) is 24.1 Å². The molecule has 2 N–H and O–H groups in total. The van der Waals surface area contributed by atoms with Crippen molar-refractivity contribution in [3.63, 3.8) is 0 Å². The van der Waals surface area contributed by atoms with Gasteiger partial charge in [0.2, 0.25) is 0 Å². The Morgan fingerprint density at radius 3 is 2.97 bits per heavy atom. The fraction of sp³-hybridized carbons (Fsp3) is 0.273. The molecule has 2 unspecified atom stereocenters. The monoisotopic (exact) mass is 446 g/mol. The molecule has 0 spiro atoms. The molecule has 1 fully saturated rings. The first-order valence-corrected chi connectivity index (χ1v) is 10.5. The second-order valence-corrected chi connectivity index (χ2v) is 8.44. The number of hydrogen-bond donors (Lipinski definition) is 1. The molecule has 0 bridgehead atoms. The molecule has 3 aromatic heterocycles. The molecular weight excluding hydrogens is 428 g/mol. The molecular formula is C22H19BrN6. The van der Waals surface area contributed by atoms with Gasteiger partial charge in [0, 0.05) is 35.0 Å². The normalized spacial score (nSPS) is 19.0. The molecule has 2 atom stereocenters. The summed E-state index contributed by atoms with van der Waals surface area (Å²) in [4.78, 5) is 9.57. The SMILES string of the molecule is N#CCC1CCC(c2nc3c(-c4cnc5ccccc5c4)cnn3c(N)c2Br)C1. The number of aromatic nitrogens is 4. The van der Waals surface area contributed by atoms with E-state index < -0.39 is 0 Å². The maximum atomic E-state index is 9.02. The van der Waals surface area contributed by atoms with Crippen LogP contribution in [0.4, 0.5) is 5.82 Å². The van der Waals surface area contributed by atoms with Gasteiger partial charge < -0.3 is 5.73 Å². The summed E-state index contributed by atoms with van der Waals surface area (Å²) in [5.74, 6) is 1.28. The molecule has 5 rings (SSSR count). The molecule has 4 aromatic rings. The quantitative estimate of drug-likeness (QED) is 0.473. The highest BCUT2D eigenvalue weighted by atomic mass is 79.9. The van der Waals surface area contributed by atoms with Crippen molar-refractivity contribution in [3.05, 3.63) is 52.9 Å². The van der Waals surface area contributed by atoms with Gasteiger partial charge in [-0.15, -0.1) is 0 Å². The number of nitriles is 1. The number of nitrogens with two attached hydrogens (primary N) is 1. The molecule has 29 heavy (non-hydrogen) atoms. The zero-order valence-corrected chi connectivity index (χ0v) is 17.3. The molecule has 144 valence electrons. The summed E-state index contributed by atoms with van der Waals surface area (Å²) in [6.07, 6.45) is 7.31. The molecule has 0 saturated heterocycles. The largest absolute Gasteiger partial charge is 0.383 e. The topological polar surface area (TPSA) is 92.9 Å². The van der Waals surface area contributed by atoms with Gasteiger partial charge in [0.05, 0.1) is 27.9 Å². The number of fused-ring (bicyclic) bond motifs is 2. The predicted molar refractivity (Wildman–Crippen MR) is 116 cm³/mol.